The molecule has 0 unspecified atom stereocenters. The van der Waals surface area contributed by atoms with Gasteiger partial charge in [-0.2, -0.15) is 0 Å². The van der Waals surface area contributed by atoms with Crippen LogP contribution in [0.5, 0.6) is 5.75 Å². The minimum Gasteiger partial charge on any atom is -0.486 e. The average Bonchev–Trinajstić information content (AvgIpc) is 2.62. The monoisotopic (exact) mass is 383 g/mol. The fourth-order valence-electron chi connectivity index (χ4n) is 2.52. The van der Waals surface area contributed by atoms with E-state index in [0.717, 1.165) is 5.56 Å². The van der Waals surface area contributed by atoms with Crippen molar-refractivity contribution in [1.82, 2.24) is 9.97 Å². The molecule has 1 fully saturated rings. The number of benzene rings is 1. The minimum atomic E-state index is -0.536. The second-order valence-electron chi connectivity index (χ2n) is 5.80. The first-order valence-corrected chi connectivity index (χ1v) is 8.72. The second-order valence-corrected chi connectivity index (χ2v) is 6.62. The number of morpholine rings is 1. The summed E-state index contributed by atoms with van der Waals surface area (Å²) in [5.74, 6) is 1.11. The van der Waals surface area contributed by atoms with Gasteiger partial charge < -0.3 is 19.5 Å². The zero-order chi connectivity index (χ0) is 17.8. The van der Waals surface area contributed by atoms with E-state index in [4.69, 9.17) is 32.7 Å². The van der Waals surface area contributed by atoms with E-state index in [-0.39, 0.29) is 12.7 Å². The molecule has 0 aliphatic carbocycles. The van der Waals surface area contributed by atoms with Crippen LogP contribution >= 0.6 is 23.2 Å². The lowest BCUT2D eigenvalue weighted by atomic mass is 10.2. The zero-order valence-corrected chi connectivity index (χ0v) is 15.2. The normalized spacial score (nSPS) is 18.9. The van der Waals surface area contributed by atoms with Crippen LogP contribution in [0.25, 0.3) is 0 Å². The molecular weight excluding hydrogens is 365 g/mol. The number of halogens is 2. The highest BCUT2D eigenvalue weighted by Gasteiger charge is 2.25. The quantitative estimate of drug-likeness (QED) is 0.855. The van der Waals surface area contributed by atoms with Crippen LogP contribution in [0.3, 0.4) is 0 Å². The molecule has 1 aromatic carbocycles. The van der Waals surface area contributed by atoms with Crippen LogP contribution in [0.2, 0.25) is 10.0 Å². The lowest BCUT2D eigenvalue weighted by molar-refractivity contribution is -0.0368. The Morgan fingerprint density at radius 1 is 1.32 bits per heavy atom. The van der Waals surface area contributed by atoms with Crippen molar-refractivity contribution < 1.29 is 14.6 Å². The fourth-order valence-corrected chi connectivity index (χ4v) is 3.03. The first-order valence-electron chi connectivity index (χ1n) is 7.97. The number of rotatable bonds is 5. The van der Waals surface area contributed by atoms with Gasteiger partial charge in [-0.05, 0) is 19.1 Å². The molecule has 1 saturated heterocycles. The number of aliphatic hydroxyl groups is 1. The van der Waals surface area contributed by atoms with E-state index in [0.29, 0.717) is 41.4 Å². The SMILES string of the molecule is C[C@@H](O)[C@@H]1CN(c2ncc(OCc3c(Cl)cccc3Cl)cn2)CCO1. The summed E-state index contributed by atoms with van der Waals surface area (Å²) in [6.45, 7) is 3.71. The highest BCUT2D eigenvalue weighted by molar-refractivity contribution is 6.35. The van der Waals surface area contributed by atoms with Crippen LogP contribution < -0.4 is 9.64 Å². The van der Waals surface area contributed by atoms with Crippen LogP contribution in [0, 0.1) is 0 Å². The van der Waals surface area contributed by atoms with Gasteiger partial charge in [0.25, 0.3) is 0 Å². The number of ether oxygens (including phenoxy) is 2. The molecule has 0 spiro atoms. The van der Waals surface area contributed by atoms with Crippen molar-refractivity contribution in [3.05, 3.63) is 46.2 Å². The molecule has 0 radical (unpaired) electrons. The molecule has 134 valence electrons. The van der Waals surface area contributed by atoms with Gasteiger partial charge in [0.2, 0.25) is 5.95 Å². The summed E-state index contributed by atoms with van der Waals surface area (Å²) >= 11 is 12.3. The van der Waals surface area contributed by atoms with Crippen LogP contribution in [0.15, 0.2) is 30.6 Å². The van der Waals surface area contributed by atoms with Crippen molar-refractivity contribution in [1.29, 1.82) is 0 Å². The van der Waals surface area contributed by atoms with Gasteiger partial charge >= 0.3 is 0 Å². The highest BCUT2D eigenvalue weighted by Crippen LogP contribution is 2.26. The summed E-state index contributed by atoms with van der Waals surface area (Å²) in [5, 5.41) is 10.8. The third-order valence-electron chi connectivity index (χ3n) is 3.97. The maximum Gasteiger partial charge on any atom is 0.225 e. The summed E-state index contributed by atoms with van der Waals surface area (Å²) < 4.78 is 11.2. The molecule has 25 heavy (non-hydrogen) atoms. The second kappa shape index (κ2) is 8.19. The van der Waals surface area contributed by atoms with Crippen molar-refractivity contribution in [3.63, 3.8) is 0 Å². The molecule has 2 atom stereocenters. The lowest BCUT2D eigenvalue weighted by Crippen LogP contribution is -2.47. The van der Waals surface area contributed by atoms with E-state index in [1.807, 2.05) is 4.90 Å². The highest BCUT2D eigenvalue weighted by atomic mass is 35.5. The molecular formula is C17H19Cl2N3O3. The fraction of sp³-hybridized carbons (Fsp3) is 0.412. The Balaban J connectivity index is 1.62. The third kappa shape index (κ3) is 4.52. The summed E-state index contributed by atoms with van der Waals surface area (Å²) in [7, 11) is 0. The summed E-state index contributed by atoms with van der Waals surface area (Å²) in [6.07, 6.45) is 2.45. The zero-order valence-electron chi connectivity index (χ0n) is 13.7. The molecule has 2 aromatic rings. The number of hydrogen-bond acceptors (Lipinski definition) is 6. The molecule has 1 aliphatic rings. The first-order chi connectivity index (χ1) is 12.0. The molecule has 1 N–H and O–H groups in total. The van der Waals surface area contributed by atoms with E-state index >= 15 is 0 Å². The summed E-state index contributed by atoms with van der Waals surface area (Å²) in [5.41, 5.74) is 0.725. The van der Waals surface area contributed by atoms with Crippen molar-refractivity contribution in [2.24, 2.45) is 0 Å². The average molecular weight is 384 g/mol. The molecule has 3 rings (SSSR count). The molecule has 8 heteroatoms. The Morgan fingerprint density at radius 2 is 2.00 bits per heavy atom. The van der Waals surface area contributed by atoms with Crippen molar-refractivity contribution >= 4 is 29.2 Å². The van der Waals surface area contributed by atoms with Crippen LogP contribution in [0.1, 0.15) is 12.5 Å². The van der Waals surface area contributed by atoms with Crippen molar-refractivity contribution in [3.8, 4) is 5.75 Å². The molecule has 1 aliphatic heterocycles. The van der Waals surface area contributed by atoms with Gasteiger partial charge in [-0.25, -0.2) is 9.97 Å². The predicted molar refractivity (Wildman–Crippen MR) is 96.5 cm³/mol. The first kappa shape index (κ1) is 18.2. The predicted octanol–water partition coefficient (Wildman–Crippen LogP) is 2.95. The van der Waals surface area contributed by atoms with Crippen LogP contribution in [-0.2, 0) is 11.3 Å². The molecule has 2 heterocycles. The number of nitrogens with zero attached hydrogens (tertiary/aromatic N) is 3. The maximum atomic E-state index is 9.67. The van der Waals surface area contributed by atoms with E-state index in [2.05, 4.69) is 9.97 Å². The van der Waals surface area contributed by atoms with E-state index in [1.54, 1.807) is 37.5 Å². The van der Waals surface area contributed by atoms with Gasteiger partial charge in [0.1, 0.15) is 12.7 Å². The Bertz CT molecular complexity index is 693. The van der Waals surface area contributed by atoms with E-state index in [1.165, 1.54) is 0 Å². The standard InChI is InChI=1S/C17H19Cl2N3O3/c1-11(23)16-9-22(5-6-24-16)17-20-7-12(8-21-17)25-10-13-14(18)3-2-4-15(13)19/h2-4,7-8,11,16,23H,5-6,9-10H2,1H3/t11-,16+/m1/s1. The van der Waals surface area contributed by atoms with Gasteiger partial charge in [-0.1, -0.05) is 29.3 Å². The maximum absolute atomic E-state index is 9.67. The number of anilines is 1. The van der Waals surface area contributed by atoms with Crippen molar-refractivity contribution in [2.45, 2.75) is 25.7 Å². The van der Waals surface area contributed by atoms with Gasteiger partial charge in [-0.15, -0.1) is 0 Å². The Kier molecular flexibility index (Phi) is 5.96. The molecule has 6 nitrogen and oxygen atoms in total. The number of aromatic nitrogens is 2. The van der Waals surface area contributed by atoms with Crippen LogP contribution in [-0.4, -0.2) is 47.0 Å². The Hall–Kier alpha value is -1.60. The summed E-state index contributed by atoms with van der Waals surface area (Å²) in [4.78, 5) is 10.7. The van der Waals surface area contributed by atoms with Crippen molar-refractivity contribution in [2.75, 3.05) is 24.6 Å². The Morgan fingerprint density at radius 3 is 2.64 bits per heavy atom. The van der Waals surface area contributed by atoms with Gasteiger partial charge in [0, 0.05) is 28.7 Å². The topological polar surface area (TPSA) is 67.7 Å². The minimum absolute atomic E-state index is 0.239. The third-order valence-corrected chi connectivity index (χ3v) is 4.68. The summed E-state index contributed by atoms with van der Waals surface area (Å²) in [6, 6.07) is 5.32. The molecule has 0 bridgehead atoms. The molecule has 1 aromatic heterocycles. The largest absolute Gasteiger partial charge is 0.486 e. The molecule has 0 saturated carbocycles. The molecule has 0 amide bonds. The number of aliphatic hydroxyl groups excluding tert-OH is 1. The Labute approximate surface area is 156 Å². The van der Waals surface area contributed by atoms with E-state index < -0.39 is 6.10 Å². The smallest absolute Gasteiger partial charge is 0.225 e. The van der Waals surface area contributed by atoms with Gasteiger partial charge in [0.15, 0.2) is 5.75 Å². The van der Waals surface area contributed by atoms with Gasteiger partial charge in [-0.3, -0.25) is 0 Å². The van der Waals surface area contributed by atoms with E-state index in [9.17, 15) is 5.11 Å². The lowest BCUT2D eigenvalue weighted by Gasteiger charge is -2.34. The number of hydrogen-bond donors (Lipinski definition) is 1. The van der Waals surface area contributed by atoms with Crippen LogP contribution in [0.4, 0.5) is 5.95 Å². The van der Waals surface area contributed by atoms with Gasteiger partial charge in [0.05, 0.1) is 25.1 Å².